The molecular formula is C67H40N4. The normalized spacial score (nSPS) is 20.6. The zero-order valence-corrected chi connectivity index (χ0v) is 38.5. The topological polar surface area (TPSA) is 51.6 Å². The number of fused-ring (bicyclic) bond motifs is 34. The van der Waals surface area contributed by atoms with Gasteiger partial charge in [-0.15, -0.1) is 0 Å². The van der Waals surface area contributed by atoms with Crippen LogP contribution < -0.4 is 0 Å². The molecule has 4 atom stereocenters. The van der Waals surface area contributed by atoms with Crippen LogP contribution in [0, 0.1) is 0 Å². The van der Waals surface area contributed by atoms with E-state index in [1.807, 2.05) is 24.5 Å². The fourth-order valence-electron chi connectivity index (χ4n) is 15.5. The van der Waals surface area contributed by atoms with Gasteiger partial charge in [0.25, 0.3) is 0 Å². The standard InChI is InChI=1S/C67H40N4/c1-3-15-41-39(13-1)49-33-51(41)59-57(49)47-27-21-35-11-9-29-68-63(35)65(47)70-61(59)37-23-25-45-43-17-5-7-19-53(43)67(55(45)31-37)54-20-8-6-18-44(54)46-26-24-38(32-56(46)67)62-60-52-34-50(40-14-2-4-16-42(40)52)58(60)48-28-22-36-12-10-30-69-64(36)66(48)71-62/h1-32,49-52H,33-34H2. The Bertz CT molecular complexity index is 4180. The summed E-state index contributed by atoms with van der Waals surface area (Å²) < 4.78 is 0. The summed E-state index contributed by atoms with van der Waals surface area (Å²) in [5.41, 5.74) is 29.8. The predicted molar refractivity (Wildman–Crippen MR) is 284 cm³/mol. The summed E-state index contributed by atoms with van der Waals surface area (Å²) in [5.74, 6) is 1.24. The molecule has 18 rings (SSSR count). The second kappa shape index (κ2) is 13.0. The number of benzene rings is 8. The van der Waals surface area contributed by atoms with Gasteiger partial charge in [-0.1, -0.05) is 158 Å². The highest BCUT2D eigenvalue weighted by Crippen LogP contribution is 2.66. The number of hydrogen-bond acceptors (Lipinski definition) is 4. The van der Waals surface area contributed by atoms with Crippen molar-refractivity contribution in [2.24, 2.45) is 0 Å². The molecule has 0 saturated carbocycles. The Hall–Kier alpha value is -8.60. The zero-order valence-electron chi connectivity index (χ0n) is 38.5. The Morgan fingerprint density at radius 1 is 0.338 bits per heavy atom. The van der Waals surface area contributed by atoms with Crippen molar-refractivity contribution < 1.29 is 0 Å². The van der Waals surface area contributed by atoms with Gasteiger partial charge in [-0.05, 0) is 126 Å². The molecule has 6 aliphatic carbocycles. The third-order valence-corrected chi connectivity index (χ3v) is 18.1. The van der Waals surface area contributed by atoms with E-state index in [4.69, 9.17) is 19.9 Å². The largest absolute Gasteiger partial charge is 0.254 e. The van der Waals surface area contributed by atoms with E-state index in [9.17, 15) is 0 Å². The predicted octanol–water partition coefficient (Wildman–Crippen LogP) is 15.5. The van der Waals surface area contributed by atoms with E-state index in [2.05, 4.69) is 170 Å². The van der Waals surface area contributed by atoms with Gasteiger partial charge >= 0.3 is 0 Å². The molecule has 12 aromatic rings. The summed E-state index contributed by atoms with van der Waals surface area (Å²) in [5, 5.41) is 4.71. The van der Waals surface area contributed by atoms with E-state index >= 15 is 0 Å². The van der Waals surface area contributed by atoms with Crippen LogP contribution in [0.2, 0.25) is 0 Å². The van der Waals surface area contributed by atoms with Crippen LogP contribution in [0.5, 0.6) is 0 Å². The fourth-order valence-corrected chi connectivity index (χ4v) is 15.5. The van der Waals surface area contributed by atoms with Crippen molar-refractivity contribution in [1.29, 1.82) is 0 Å². The molecule has 0 saturated heterocycles. The van der Waals surface area contributed by atoms with E-state index in [0.29, 0.717) is 11.8 Å². The lowest BCUT2D eigenvalue weighted by atomic mass is 9.70. The maximum atomic E-state index is 5.81. The Morgan fingerprint density at radius 2 is 0.746 bits per heavy atom. The molecule has 4 bridgehead atoms. The molecule has 71 heavy (non-hydrogen) atoms. The van der Waals surface area contributed by atoms with Crippen molar-refractivity contribution in [2.75, 3.05) is 0 Å². The van der Waals surface area contributed by atoms with E-state index in [1.54, 1.807) is 0 Å². The van der Waals surface area contributed by atoms with E-state index in [-0.39, 0.29) is 11.8 Å². The molecule has 4 heteroatoms. The second-order valence-corrected chi connectivity index (χ2v) is 21.0. The quantitative estimate of drug-likeness (QED) is 0.162. The first kappa shape index (κ1) is 37.3. The fraction of sp³-hybridized carbons (Fsp3) is 0.104. The van der Waals surface area contributed by atoms with Gasteiger partial charge in [0, 0.05) is 68.7 Å². The van der Waals surface area contributed by atoms with E-state index < -0.39 is 5.41 Å². The van der Waals surface area contributed by atoms with Crippen LogP contribution >= 0.6 is 0 Å². The molecule has 0 aliphatic heterocycles. The van der Waals surface area contributed by atoms with Crippen molar-refractivity contribution in [3.63, 3.8) is 0 Å². The van der Waals surface area contributed by atoms with Gasteiger partial charge in [0.2, 0.25) is 0 Å². The average molecular weight is 901 g/mol. The van der Waals surface area contributed by atoms with Gasteiger partial charge in [0.1, 0.15) is 0 Å². The molecule has 0 amide bonds. The smallest absolute Gasteiger partial charge is 0.0975 e. The van der Waals surface area contributed by atoms with Crippen LogP contribution in [-0.2, 0) is 5.41 Å². The second-order valence-electron chi connectivity index (χ2n) is 21.0. The van der Waals surface area contributed by atoms with Crippen molar-refractivity contribution in [3.8, 4) is 44.8 Å². The number of rotatable bonds is 2. The zero-order chi connectivity index (χ0) is 45.8. The first-order valence-corrected chi connectivity index (χ1v) is 25.3. The minimum atomic E-state index is -0.580. The number of pyridine rings is 4. The maximum Gasteiger partial charge on any atom is 0.0975 e. The van der Waals surface area contributed by atoms with Gasteiger partial charge in [-0.25, -0.2) is 9.97 Å². The van der Waals surface area contributed by atoms with Gasteiger partial charge in [-0.3, -0.25) is 9.97 Å². The van der Waals surface area contributed by atoms with Gasteiger partial charge < -0.3 is 0 Å². The highest BCUT2D eigenvalue weighted by Gasteiger charge is 2.53. The molecule has 4 aromatic heterocycles. The molecule has 0 N–H and O–H groups in total. The lowest BCUT2D eigenvalue weighted by molar-refractivity contribution is 0.792. The van der Waals surface area contributed by atoms with Gasteiger partial charge in [-0.2, -0.15) is 0 Å². The first-order chi connectivity index (χ1) is 35.2. The summed E-state index contributed by atoms with van der Waals surface area (Å²) in [7, 11) is 0. The van der Waals surface area contributed by atoms with Crippen molar-refractivity contribution >= 4 is 43.6 Å². The minimum absolute atomic E-state index is 0.290. The number of nitrogens with zero attached hydrogens (tertiary/aromatic N) is 4. The lowest BCUT2D eigenvalue weighted by Crippen LogP contribution is -2.26. The van der Waals surface area contributed by atoms with Crippen LogP contribution in [0.15, 0.2) is 194 Å². The summed E-state index contributed by atoms with van der Waals surface area (Å²) in [6.07, 6.45) is 6.00. The summed E-state index contributed by atoms with van der Waals surface area (Å²) in [6.45, 7) is 0. The molecule has 1 spiro atoms. The molecular weight excluding hydrogens is 861 g/mol. The number of hydrogen-bond donors (Lipinski definition) is 0. The van der Waals surface area contributed by atoms with Crippen LogP contribution in [0.4, 0.5) is 0 Å². The molecule has 0 radical (unpaired) electrons. The van der Waals surface area contributed by atoms with E-state index in [0.717, 1.165) is 68.2 Å². The first-order valence-electron chi connectivity index (χ1n) is 25.3. The minimum Gasteiger partial charge on any atom is -0.254 e. The SMILES string of the molecule is c1ccc2c(c1)-c1ccc(-c3nc4c(ccc5cccnc54)c4c3C3CC4c4ccccc43)cc1C21c2ccccc2-c2ccc(-c3nc4c(ccc5cccnc54)c4c3C3CC4c4ccccc43)cc21. The van der Waals surface area contributed by atoms with E-state index in [1.165, 1.54) is 99.8 Å². The molecule has 4 heterocycles. The van der Waals surface area contributed by atoms with Crippen LogP contribution in [0.3, 0.4) is 0 Å². The van der Waals surface area contributed by atoms with Crippen molar-refractivity contribution in [1.82, 2.24) is 19.9 Å². The van der Waals surface area contributed by atoms with Crippen molar-refractivity contribution in [3.05, 3.63) is 261 Å². The molecule has 8 aromatic carbocycles. The lowest BCUT2D eigenvalue weighted by Gasteiger charge is -2.31. The van der Waals surface area contributed by atoms with Crippen molar-refractivity contribution in [2.45, 2.75) is 41.9 Å². The molecule has 6 aliphatic rings. The average Bonchev–Trinajstić information content (AvgIpc) is 4.30. The maximum absolute atomic E-state index is 5.81. The third-order valence-electron chi connectivity index (χ3n) is 18.1. The monoisotopic (exact) mass is 900 g/mol. The molecule has 4 unspecified atom stereocenters. The molecule has 328 valence electrons. The Morgan fingerprint density at radius 3 is 1.21 bits per heavy atom. The summed E-state index contributed by atoms with van der Waals surface area (Å²) in [6, 6.07) is 68.9. The molecule has 0 fully saturated rings. The third kappa shape index (κ3) is 4.42. The van der Waals surface area contributed by atoms with Gasteiger partial charge in [0.15, 0.2) is 0 Å². The van der Waals surface area contributed by atoms with Crippen LogP contribution in [0.25, 0.3) is 88.4 Å². The Kier molecular flexibility index (Phi) is 6.82. The summed E-state index contributed by atoms with van der Waals surface area (Å²) >= 11 is 0. The van der Waals surface area contributed by atoms with Gasteiger partial charge in [0.05, 0.1) is 38.9 Å². The highest BCUT2D eigenvalue weighted by atomic mass is 14.8. The van der Waals surface area contributed by atoms with Crippen LogP contribution in [-0.4, -0.2) is 19.9 Å². The highest BCUT2D eigenvalue weighted by molar-refractivity contribution is 6.08. The molecule has 4 nitrogen and oxygen atoms in total. The summed E-state index contributed by atoms with van der Waals surface area (Å²) in [4.78, 5) is 21.6. The number of aromatic nitrogens is 4. The van der Waals surface area contributed by atoms with Crippen LogP contribution in [0.1, 0.15) is 103 Å². The Balaban J connectivity index is 0.914. The Labute approximate surface area is 409 Å².